The lowest BCUT2D eigenvalue weighted by Crippen LogP contribution is -2.03. The van der Waals surface area contributed by atoms with E-state index < -0.39 is 0 Å². The van der Waals surface area contributed by atoms with Crippen LogP contribution in [0.5, 0.6) is 0 Å². The maximum Gasteiger partial charge on any atom is 0.203 e. The lowest BCUT2D eigenvalue weighted by atomic mass is 10.0. The van der Waals surface area contributed by atoms with E-state index in [4.69, 9.17) is 17.3 Å². The number of nitrogen functional groups attached to an aromatic ring is 1. The molecule has 1 aromatic carbocycles. The molecule has 2 aromatic rings. The fourth-order valence-corrected chi connectivity index (χ4v) is 3.15. The van der Waals surface area contributed by atoms with Gasteiger partial charge in [0.1, 0.15) is 0 Å². The Kier molecular flexibility index (Phi) is 3.56. The maximum atomic E-state index is 12.3. The Bertz CT molecular complexity index is 575. The highest BCUT2D eigenvalue weighted by atomic mass is 79.9. The summed E-state index contributed by atoms with van der Waals surface area (Å²) in [5, 5.41) is 0.555. The molecular weight excluding hydrogens is 322 g/mol. The zero-order valence-electron chi connectivity index (χ0n) is 8.96. The van der Waals surface area contributed by atoms with Crippen molar-refractivity contribution in [3.63, 3.8) is 0 Å². The summed E-state index contributed by atoms with van der Waals surface area (Å²) in [4.78, 5) is 12.9. The van der Waals surface area contributed by atoms with Gasteiger partial charge in [0, 0.05) is 11.3 Å². The zero-order chi connectivity index (χ0) is 12.6. The molecule has 0 aliphatic carbocycles. The third kappa shape index (κ3) is 2.39. The predicted molar refractivity (Wildman–Crippen MR) is 76.1 cm³/mol. The van der Waals surface area contributed by atoms with Crippen LogP contribution in [0.25, 0.3) is 0 Å². The number of thiophene rings is 1. The molecule has 2 rings (SSSR count). The number of carbonyl (C=O) groups excluding carboxylic acids is 1. The number of ketones is 1. The summed E-state index contributed by atoms with van der Waals surface area (Å²) >= 11 is 10.5. The fraction of sp³-hybridized carbons (Fsp3) is 0.0833. The van der Waals surface area contributed by atoms with E-state index in [9.17, 15) is 4.79 Å². The first-order chi connectivity index (χ1) is 8.00. The van der Waals surface area contributed by atoms with Crippen molar-refractivity contribution in [3.8, 4) is 0 Å². The van der Waals surface area contributed by atoms with Gasteiger partial charge < -0.3 is 5.73 Å². The summed E-state index contributed by atoms with van der Waals surface area (Å²) in [6, 6.07) is 7.00. The monoisotopic (exact) mass is 329 g/mol. The molecule has 5 heteroatoms. The van der Waals surface area contributed by atoms with E-state index >= 15 is 0 Å². The maximum absolute atomic E-state index is 12.3. The first kappa shape index (κ1) is 12.6. The second kappa shape index (κ2) is 4.80. The average molecular weight is 331 g/mol. The Morgan fingerprint density at radius 1 is 1.47 bits per heavy atom. The minimum absolute atomic E-state index is 0.0487. The standard InChI is InChI=1S/C12H9BrClNOS/c1-6-7(3-2-4-9(6)15)11(16)10-5-8(14)12(13)17-10/h2-5H,15H2,1H3. The normalized spacial score (nSPS) is 10.5. The van der Waals surface area contributed by atoms with Gasteiger partial charge >= 0.3 is 0 Å². The average Bonchev–Trinajstić information content (AvgIpc) is 2.62. The Hall–Kier alpha value is -0.840. The summed E-state index contributed by atoms with van der Waals surface area (Å²) < 4.78 is 0.768. The van der Waals surface area contributed by atoms with Gasteiger partial charge in [-0.1, -0.05) is 23.7 Å². The molecule has 1 heterocycles. The van der Waals surface area contributed by atoms with Gasteiger partial charge in [-0.05, 0) is 40.5 Å². The van der Waals surface area contributed by atoms with Crippen molar-refractivity contribution in [3.05, 3.63) is 49.1 Å². The first-order valence-electron chi connectivity index (χ1n) is 4.85. The minimum atomic E-state index is -0.0487. The van der Waals surface area contributed by atoms with Crippen LogP contribution in [0.4, 0.5) is 5.69 Å². The number of hydrogen-bond donors (Lipinski definition) is 1. The molecule has 2 nitrogen and oxygen atoms in total. The van der Waals surface area contributed by atoms with E-state index in [0.717, 1.165) is 9.35 Å². The van der Waals surface area contributed by atoms with E-state index in [1.165, 1.54) is 11.3 Å². The zero-order valence-corrected chi connectivity index (χ0v) is 12.1. The van der Waals surface area contributed by atoms with Gasteiger partial charge in [-0.3, -0.25) is 4.79 Å². The Balaban J connectivity index is 2.47. The lowest BCUT2D eigenvalue weighted by Gasteiger charge is -2.05. The van der Waals surface area contributed by atoms with Gasteiger partial charge in [0.2, 0.25) is 5.78 Å². The van der Waals surface area contributed by atoms with Crippen LogP contribution in [0.1, 0.15) is 20.8 Å². The summed E-state index contributed by atoms with van der Waals surface area (Å²) in [5.41, 5.74) is 7.83. The van der Waals surface area contributed by atoms with Crippen molar-refractivity contribution < 1.29 is 4.79 Å². The molecule has 0 saturated carbocycles. The van der Waals surface area contributed by atoms with Gasteiger partial charge in [-0.25, -0.2) is 0 Å². The number of anilines is 1. The molecule has 0 unspecified atom stereocenters. The molecule has 0 atom stereocenters. The second-order valence-corrected chi connectivity index (χ2v) is 6.36. The number of hydrogen-bond acceptors (Lipinski definition) is 3. The van der Waals surface area contributed by atoms with Crippen molar-refractivity contribution in [1.82, 2.24) is 0 Å². The van der Waals surface area contributed by atoms with Gasteiger partial charge in [-0.2, -0.15) is 0 Å². The summed E-state index contributed by atoms with van der Waals surface area (Å²) in [6.45, 7) is 1.84. The molecule has 0 saturated heterocycles. The topological polar surface area (TPSA) is 43.1 Å². The molecule has 1 aromatic heterocycles. The van der Waals surface area contributed by atoms with Gasteiger partial charge in [0.25, 0.3) is 0 Å². The quantitative estimate of drug-likeness (QED) is 0.659. The van der Waals surface area contributed by atoms with Crippen molar-refractivity contribution in [1.29, 1.82) is 0 Å². The highest BCUT2D eigenvalue weighted by Crippen LogP contribution is 2.33. The summed E-state index contributed by atoms with van der Waals surface area (Å²) in [5.74, 6) is -0.0487. The van der Waals surface area contributed by atoms with Crippen molar-refractivity contribution in [2.24, 2.45) is 0 Å². The smallest absolute Gasteiger partial charge is 0.203 e. The van der Waals surface area contributed by atoms with E-state index in [2.05, 4.69) is 15.9 Å². The van der Waals surface area contributed by atoms with Crippen LogP contribution in [-0.2, 0) is 0 Å². The molecule has 0 radical (unpaired) electrons. The SMILES string of the molecule is Cc1c(N)cccc1C(=O)c1cc(Cl)c(Br)s1. The number of benzene rings is 1. The summed E-state index contributed by atoms with van der Waals surface area (Å²) in [6.07, 6.45) is 0. The Morgan fingerprint density at radius 3 is 2.76 bits per heavy atom. The molecule has 0 aliphatic heterocycles. The van der Waals surface area contributed by atoms with E-state index in [0.29, 0.717) is 21.2 Å². The van der Waals surface area contributed by atoms with Crippen LogP contribution >= 0.6 is 38.9 Å². The Morgan fingerprint density at radius 2 is 2.18 bits per heavy atom. The molecule has 0 fully saturated rings. The minimum Gasteiger partial charge on any atom is -0.398 e. The molecule has 2 N–H and O–H groups in total. The van der Waals surface area contributed by atoms with Gasteiger partial charge in [0.15, 0.2) is 0 Å². The van der Waals surface area contributed by atoms with Crippen LogP contribution in [0.2, 0.25) is 5.02 Å². The number of rotatable bonds is 2. The van der Waals surface area contributed by atoms with Crippen molar-refractivity contribution >= 4 is 50.3 Å². The van der Waals surface area contributed by atoms with E-state index in [1.807, 2.05) is 6.92 Å². The van der Waals surface area contributed by atoms with Crippen LogP contribution in [0, 0.1) is 6.92 Å². The van der Waals surface area contributed by atoms with Crippen LogP contribution in [0.3, 0.4) is 0 Å². The molecule has 0 aliphatic rings. The first-order valence-corrected chi connectivity index (χ1v) is 6.84. The molecule has 0 spiro atoms. The van der Waals surface area contributed by atoms with Crippen molar-refractivity contribution in [2.75, 3.05) is 5.73 Å². The van der Waals surface area contributed by atoms with Gasteiger partial charge in [0.05, 0.1) is 13.7 Å². The number of carbonyl (C=O) groups is 1. The van der Waals surface area contributed by atoms with E-state index in [1.54, 1.807) is 24.3 Å². The fourth-order valence-electron chi connectivity index (χ4n) is 1.49. The molecule has 0 bridgehead atoms. The third-order valence-corrected chi connectivity index (χ3v) is 4.96. The lowest BCUT2D eigenvalue weighted by molar-refractivity contribution is 0.104. The van der Waals surface area contributed by atoms with Crippen LogP contribution < -0.4 is 5.73 Å². The number of nitrogens with two attached hydrogens (primary N) is 1. The third-order valence-electron chi connectivity index (χ3n) is 2.49. The highest BCUT2D eigenvalue weighted by molar-refractivity contribution is 9.11. The van der Waals surface area contributed by atoms with Crippen LogP contribution in [-0.4, -0.2) is 5.78 Å². The van der Waals surface area contributed by atoms with Crippen molar-refractivity contribution in [2.45, 2.75) is 6.92 Å². The number of halogens is 2. The highest BCUT2D eigenvalue weighted by Gasteiger charge is 2.16. The largest absolute Gasteiger partial charge is 0.398 e. The second-order valence-electron chi connectivity index (χ2n) is 3.58. The molecule has 0 amide bonds. The molecular formula is C12H9BrClNOS. The molecule has 88 valence electrons. The predicted octanol–water partition coefficient (Wildman–Crippen LogP) is 4.29. The van der Waals surface area contributed by atoms with E-state index in [-0.39, 0.29) is 5.78 Å². The summed E-state index contributed by atoms with van der Waals surface area (Å²) in [7, 11) is 0. The Labute approximate surface area is 117 Å². The van der Waals surface area contributed by atoms with Crippen LogP contribution in [0.15, 0.2) is 28.1 Å². The van der Waals surface area contributed by atoms with Gasteiger partial charge in [-0.15, -0.1) is 11.3 Å². The molecule has 17 heavy (non-hydrogen) atoms.